The fourth-order valence-electron chi connectivity index (χ4n) is 2.09. The summed E-state index contributed by atoms with van der Waals surface area (Å²) >= 11 is 5.66. The molecule has 1 aromatic carbocycles. The van der Waals surface area contributed by atoms with Crippen LogP contribution in [0.5, 0.6) is 0 Å². The number of carbonyl (C=O) groups is 1. The number of rotatable bonds is 1. The van der Waals surface area contributed by atoms with Crippen molar-refractivity contribution in [3.05, 3.63) is 23.0 Å². The maximum atomic E-state index is 13.4. The monoisotopic (exact) mass is 271 g/mol. The Hall–Kier alpha value is -1.49. The van der Waals surface area contributed by atoms with Crippen molar-refractivity contribution in [2.24, 2.45) is 0 Å². The van der Waals surface area contributed by atoms with Crippen molar-refractivity contribution in [1.82, 2.24) is 4.90 Å². The normalized spacial score (nSPS) is 15.9. The molecule has 1 heterocycles. The first kappa shape index (κ1) is 13.0. The van der Waals surface area contributed by atoms with Crippen molar-refractivity contribution in [3.8, 4) is 0 Å². The summed E-state index contributed by atoms with van der Waals surface area (Å²) in [6.45, 7) is 4.08. The van der Waals surface area contributed by atoms with E-state index in [0.717, 1.165) is 0 Å². The number of hydrogen-bond acceptors (Lipinski definition) is 3. The number of nitrogens with zero attached hydrogens (tertiary/aromatic N) is 2. The molecule has 4 nitrogen and oxygen atoms in total. The summed E-state index contributed by atoms with van der Waals surface area (Å²) in [4.78, 5) is 14.9. The summed E-state index contributed by atoms with van der Waals surface area (Å²) in [6.07, 6.45) is 0. The number of benzene rings is 1. The number of piperazine rings is 1. The summed E-state index contributed by atoms with van der Waals surface area (Å²) in [7, 11) is 0. The Labute approximate surface area is 110 Å². The highest BCUT2D eigenvalue weighted by Gasteiger charge is 2.21. The van der Waals surface area contributed by atoms with E-state index in [-0.39, 0.29) is 10.9 Å². The summed E-state index contributed by atoms with van der Waals surface area (Å²) in [5.41, 5.74) is 6.94. The maximum Gasteiger partial charge on any atom is 0.219 e. The van der Waals surface area contributed by atoms with Gasteiger partial charge < -0.3 is 15.5 Å². The Morgan fingerprint density at radius 2 is 1.94 bits per heavy atom. The molecular formula is C12H15ClFN3O. The lowest BCUT2D eigenvalue weighted by Gasteiger charge is -2.36. The van der Waals surface area contributed by atoms with Gasteiger partial charge in [0.15, 0.2) is 0 Å². The molecule has 1 amide bonds. The number of amides is 1. The zero-order valence-electron chi connectivity index (χ0n) is 10.1. The molecule has 2 rings (SSSR count). The second-order valence-electron chi connectivity index (χ2n) is 4.32. The van der Waals surface area contributed by atoms with Crippen molar-refractivity contribution in [3.63, 3.8) is 0 Å². The van der Waals surface area contributed by atoms with Crippen LogP contribution in [0, 0.1) is 5.82 Å². The number of halogens is 2. The molecule has 98 valence electrons. The van der Waals surface area contributed by atoms with Gasteiger partial charge in [0.2, 0.25) is 5.91 Å². The molecule has 0 saturated carbocycles. The molecular weight excluding hydrogens is 257 g/mol. The van der Waals surface area contributed by atoms with Crippen LogP contribution in [0.25, 0.3) is 0 Å². The van der Waals surface area contributed by atoms with Gasteiger partial charge in [0.25, 0.3) is 0 Å². The van der Waals surface area contributed by atoms with Gasteiger partial charge in [-0.1, -0.05) is 11.6 Å². The third kappa shape index (κ3) is 2.51. The van der Waals surface area contributed by atoms with E-state index in [9.17, 15) is 9.18 Å². The van der Waals surface area contributed by atoms with Crippen LogP contribution >= 0.6 is 11.6 Å². The molecule has 0 atom stereocenters. The van der Waals surface area contributed by atoms with Crippen molar-refractivity contribution >= 4 is 28.9 Å². The zero-order chi connectivity index (χ0) is 13.3. The molecule has 1 aromatic rings. The van der Waals surface area contributed by atoms with Gasteiger partial charge in [0.1, 0.15) is 5.82 Å². The highest BCUT2D eigenvalue weighted by atomic mass is 35.5. The first-order chi connectivity index (χ1) is 8.49. The van der Waals surface area contributed by atoms with Crippen LogP contribution in [0.3, 0.4) is 0 Å². The minimum Gasteiger partial charge on any atom is -0.397 e. The number of hydrogen-bond donors (Lipinski definition) is 1. The molecule has 0 spiro atoms. The third-order valence-corrected chi connectivity index (χ3v) is 3.42. The Morgan fingerprint density at radius 3 is 2.50 bits per heavy atom. The molecule has 6 heteroatoms. The second-order valence-corrected chi connectivity index (χ2v) is 4.73. The van der Waals surface area contributed by atoms with Crippen LogP contribution in [-0.2, 0) is 4.79 Å². The van der Waals surface area contributed by atoms with E-state index in [4.69, 9.17) is 17.3 Å². The number of anilines is 2. The van der Waals surface area contributed by atoms with Crippen LogP contribution in [0.4, 0.5) is 15.8 Å². The highest BCUT2D eigenvalue weighted by Crippen LogP contribution is 2.29. The summed E-state index contributed by atoms with van der Waals surface area (Å²) in [5, 5.41) is 0.0265. The molecule has 2 N–H and O–H groups in total. The topological polar surface area (TPSA) is 49.6 Å². The van der Waals surface area contributed by atoms with E-state index < -0.39 is 5.82 Å². The Bertz CT molecular complexity index is 473. The van der Waals surface area contributed by atoms with E-state index in [0.29, 0.717) is 37.6 Å². The van der Waals surface area contributed by atoms with Gasteiger partial charge in [0, 0.05) is 39.2 Å². The number of carbonyl (C=O) groups excluding carboxylic acids is 1. The molecule has 0 aromatic heterocycles. The number of nitrogens with two attached hydrogens (primary N) is 1. The van der Waals surface area contributed by atoms with Gasteiger partial charge in [-0.3, -0.25) is 4.79 Å². The molecule has 0 bridgehead atoms. The first-order valence-electron chi connectivity index (χ1n) is 5.74. The van der Waals surface area contributed by atoms with Gasteiger partial charge in [0.05, 0.1) is 16.4 Å². The van der Waals surface area contributed by atoms with Gasteiger partial charge in [-0.25, -0.2) is 4.39 Å². The lowest BCUT2D eigenvalue weighted by Crippen LogP contribution is -2.48. The fraction of sp³-hybridized carbons (Fsp3) is 0.417. The molecule has 18 heavy (non-hydrogen) atoms. The van der Waals surface area contributed by atoms with Gasteiger partial charge >= 0.3 is 0 Å². The van der Waals surface area contributed by atoms with Crippen molar-refractivity contribution in [2.45, 2.75) is 6.92 Å². The third-order valence-electron chi connectivity index (χ3n) is 3.14. The van der Waals surface area contributed by atoms with Crippen LogP contribution in [0.1, 0.15) is 6.92 Å². The SMILES string of the molecule is CC(=O)N1CCN(c2cc(F)c(Cl)cc2N)CC1. The zero-order valence-corrected chi connectivity index (χ0v) is 10.9. The first-order valence-corrected chi connectivity index (χ1v) is 6.12. The van der Waals surface area contributed by atoms with Crippen LogP contribution < -0.4 is 10.6 Å². The molecule has 1 fully saturated rings. The van der Waals surface area contributed by atoms with Crippen molar-refractivity contribution < 1.29 is 9.18 Å². The molecule has 1 aliphatic heterocycles. The Balaban J connectivity index is 2.15. The maximum absolute atomic E-state index is 13.4. The van der Waals surface area contributed by atoms with E-state index >= 15 is 0 Å². The summed E-state index contributed by atoms with van der Waals surface area (Å²) < 4.78 is 13.4. The molecule has 0 unspecified atom stereocenters. The fourth-order valence-corrected chi connectivity index (χ4v) is 2.26. The van der Waals surface area contributed by atoms with Gasteiger partial charge in [-0.05, 0) is 6.07 Å². The predicted molar refractivity (Wildman–Crippen MR) is 70.3 cm³/mol. The average molecular weight is 272 g/mol. The van der Waals surface area contributed by atoms with Gasteiger partial charge in [-0.2, -0.15) is 0 Å². The quantitative estimate of drug-likeness (QED) is 0.792. The number of nitrogen functional groups attached to an aromatic ring is 1. The smallest absolute Gasteiger partial charge is 0.219 e. The standard InChI is InChI=1S/C12H15ClFN3O/c1-8(18)16-2-4-17(5-3-16)12-7-10(14)9(13)6-11(12)15/h6-7H,2-5,15H2,1H3. The van der Waals surface area contributed by atoms with Crippen LogP contribution in [-0.4, -0.2) is 37.0 Å². The van der Waals surface area contributed by atoms with E-state index in [1.165, 1.54) is 12.1 Å². The van der Waals surface area contributed by atoms with Gasteiger partial charge in [-0.15, -0.1) is 0 Å². The van der Waals surface area contributed by atoms with Crippen molar-refractivity contribution in [1.29, 1.82) is 0 Å². The average Bonchev–Trinajstić information content (AvgIpc) is 2.34. The summed E-state index contributed by atoms with van der Waals surface area (Å²) in [5.74, 6) is -0.417. The Morgan fingerprint density at radius 1 is 1.33 bits per heavy atom. The van der Waals surface area contributed by atoms with E-state index in [1.807, 2.05) is 4.90 Å². The minimum absolute atomic E-state index is 0.0265. The highest BCUT2D eigenvalue weighted by molar-refractivity contribution is 6.31. The lowest BCUT2D eigenvalue weighted by molar-refractivity contribution is -0.129. The van der Waals surface area contributed by atoms with E-state index in [1.54, 1.807) is 11.8 Å². The molecule has 0 aliphatic carbocycles. The lowest BCUT2D eigenvalue weighted by atomic mass is 10.2. The minimum atomic E-state index is -0.477. The molecule has 1 aliphatic rings. The predicted octanol–water partition coefficient (Wildman–Crippen LogP) is 1.73. The van der Waals surface area contributed by atoms with Crippen LogP contribution in [0.2, 0.25) is 5.02 Å². The van der Waals surface area contributed by atoms with Crippen molar-refractivity contribution in [2.75, 3.05) is 36.8 Å². The van der Waals surface area contributed by atoms with E-state index in [2.05, 4.69) is 0 Å². The Kier molecular flexibility index (Phi) is 3.61. The van der Waals surface area contributed by atoms with Crippen LogP contribution in [0.15, 0.2) is 12.1 Å². The molecule has 1 saturated heterocycles. The summed E-state index contributed by atoms with van der Waals surface area (Å²) in [6, 6.07) is 2.77. The molecule has 0 radical (unpaired) electrons. The second kappa shape index (κ2) is 5.02. The largest absolute Gasteiger partial charge is 0.397 e.